The van der Waals surface area contributed by atoms with Gasteiger partial charge in [0, 0.05) is 5.02 Å². The van der Waals surface area contributed by atoms with Crippen molar-refractivity contribution in [1.82, 2.24) is 9.97 Å². The first-order valence-corrected chi connectivity index (χ1v) is 4.74. The molecule has 0 radical (unpaired) electrons. The van der Waals surface area contributed by atoms with Crippen molar-refractivity contribution in [3.63, 3.8) is 0 Å². The first-order valence-electron chi connectivity index (χ1n) is 4.36. The lowest BCUT2D eigenvalue weighted by molar-refractivity contribution is 0.0683. The van der Waals surface area contributed by atoms with E-state index >= 15 is 0 Å². The molecule has 0 atom stereocenters. The maximum absolute atomic E-state index is 10.8. The Morgan fingerprint density at radius 2 is 2.19 bits per heavy atom. The van der Waals surface area contributed by atoms with Gasteiger partial charge >= 0.3 is 5.97 Å². The minimum Gasteiger partial charge on any atom is -0.480 e. The van der Waals surface area contributed by atoms with Crippen LogP contribution in [0.15, 0.2) is 18.2 Å². The second kappa shape index (κ2) is 3.94. The summed E-state index contributed by atoms with van der Waals surface area (Å²) < 4.78 is 5.00. The molecule has 82 valence electrons. The zero-order valence-electron chi connectivity index (χ0n) is 8.27. The molecule has 1 aromatic carbocycles. The van der Waals surface area contributed by atoms with Crippen LogP contribution in [0.2, 0.25) is 5.02 Å². The van der Waals surface area contributed by atoms with Crippen molar-refractivity contribution in [3.8, 4) is 5.88 Å². The van der Waals surface area contributed by atoms with Gasteiger partial charge in [-0.2, -0.15) is 4.98 Å². The van der Waals surface area contributed by atoms with Crippen molar-refractivity contribution in [2.24, 2.45) is 0 Å². The SMILES string of the molecule is COc1nc(C(=O)O)nc2ccc(Cl)cc12. The summed E-state index contributed by atoms with van der Waals surface area (Å²) in [6, 6.07) is 4.87. The molecule has 16 heavy (non-hydrogen) atoms. The Bertz CT molecular complexity index is 571. The number of fused-ring (bicyclic) bond motifs is 1. The van der Waals surface area contributed by atoms with Gasteiger partial charge in [0.1, 0.15) is 0 Å². The van der Waals surface area contributed by atoms with Crippen LogP contribution in [0.25, 0.3) is 10.9 Å². The summed E-state index contributed by atoms with van der Waals surface area (Å²) in [4.78, 5) is 18.4. The average Bonchev–Trinajstić information content (AvgIpc) is 2.27. The van der Waals surface area contributed by atoms with Gasteiger partial charge in [0.05, 0.1) is 18.0 Å². The normalized spacial score (nSPS) is 10.4. The standard InChI is InChI=1S/C10H7ClN2O3/c1-16-9-6-4-5(11)2-3-7(6)12-8(13-9)10(14)15/h2-4H,1H3,(H,14,15). The number of ether oxygens (including phenoxy) is 1. The third kappa shape index (κ3) is 1.77. The molecule has 1 N–H and O–H groups in total. The molecular weight excluding hydrogens is 232 g/mol. The summed E-state index contributed by atoms with van der Waals surface area (Å²) in [5.41, 5.74) is 0.480. The Morgan fingerprint density at radius 1 is 1.44 bits per heavy atom. The van der Waals surface area contributed by atoms with E-state index in [4.69, 9.17) is 21.4 Å². The van der Waals surface area contributed by atoms with Gasteiger partial charge in [0.15, 0.2) is 0 Å². The predicted molar refractivity (Wildman–Crippen MR) is 58.1 cm³/mol. The zero-order chi connectivity index (χ0) is 11.7. The van der Waals surface area contributed by atoms with Crippen LogP contribution in [0.1, 0.15) is 10.6 Å². The fourth-order valence-electron chi connectivity index (χ4n) is 1.32. The predicted octanol–water partition coefficient (Wildman–Crippen LogP) is 1.99. The minimum atomic E-state index is -1.20. The Hall–Kier alpha value is -1.88. The van der Waals surface area contributed by atoms with Crippen molar-refractivity contribution < 1.29 is 14.6 Å². The highest BCUT2D eigenvalue weighted by molar-refractivity contribution is 6.31. The van der Waals surface area contributed by atoms with Gasteiger partial charge in [0.2, 0.25) is 11.7 Å². The summed E-state index contributed by atoms with van der Waals surface area (Å²) in [6.45, 7) is 0. The van der Waals surface area contributed by atoms with E-state index in [0.29, 0.717) is 15.9 Å². The van der Waals surface area contributed by atoms with Crippen LogP contribution < -0.4 is 4.74 Å². The van der Waals surface area contributed by atoms with Gasteiger partial charge in [-0.05, 0) is 18.2 Å². The molecule has 0 unspecified atom stereocenters. The Kier molecular flexibility index (Phi) is 2.62. The van der Waals surface area contributed by atoms with Gasteiger partial charge in [-0.15, -0.1) is 0 Å². The van der Waals surface area contributed by atoms with E-state index in [1.54, 1.807) is 18.2 Å². The van der Waals surface area contributed by atoms with Crippen LogP contribution in [0.4, 0.5) is 0 Å². The van der Waals surface area contributed by atoms with Crippen molar-refractivity contribution in [2.75, 3.05) is 7.11 Å². The lowest BCUT2D eigenvalue weighted by Gasteiger charge is -2.05. The molecule has 6 heteroatoms. The van der Waals surface area contributed by atoms with Crippen molar-refractivity contribution in [1.29, 1.82) is 0 Å². The molecule has 5 nitrogen and oxygen atoms in total. The number of hydrogen-bond acceptors (Lipinski definition) is 4. The van der Waals surface area contributed by atoms with E-state index < -0.39 is 5.97 Å². The fraction of sp³-hybridized carbons (Fsp3) is 0.100. The number of halogens is 1. The summed E-state index contributed by atoms with van der Waals surface area (Å²) in [5.74, 6) is -1.30. The fourth-order valence-corrected chi connectivity index (χ4v) is 1.50. The van der Waals surface area contributed by atoms with Crippen LogP contribution >= 0.6 is 11.6 Å². The second-order valence-electron chi connectivity index (χ2n) is 3.02. The lowest BCUT2D eigenvalue weighted by Crippen LogP contribution is -2.05. The molecule has 0 spiro atoms. The monoisotopic (exact) mass is 238 g/mol. The smallest absolute Gasteiger partial charge is 0.374 e. The highest BCUT2D eigenvalue weighted by Crippen LogP contribution is 2.25. The number of carboxylic acid groups (broad SMARTS) is 1. The van der Waals surface area contributed by atoms with Crippen LogP contribution in [0, 0.1) is 0 Å². The van der Waals surface area contributed by atoms with Crippen LogP contribution in [-0.2, 0) is 0 Å². The molecule has 0 saturated heterocycles. The Balaban J connectivity index is 2.78. The molecule has 0 fully saturated rings. The molecule has 0 aliphatic heterocycles. The van der Waals surface area contributed by atoms with Gasteiger partial charge in [-0.1, -0.05) is 11.6 Å². The van der Waals surface area contributed by atoms with Gasteiger partial charge < -0.3 is 9.84 Å². The maximum Gasteiger partial charge on any atom is 0.374 e. The summed E-state index contributed by atoms with van der Waals surface area (Å²) in [6.07, 6.45) is 0. The van der Waals surface area contributed by atoms with Crippen molar-refractivity contribution in [3.05, 3.63) is 29.0 Å². The van der Waals surface area contributed by atoms with Crippen LogP contribution in [-0.4, -0.2) is 28.2 Å². The lowest BCUT2D eigenvalue weighted by atomic mass is 10.2. The minimum absolute atomic E-state index is 0.199. The van der Waals surface area contributed by atoms with E-state index in [9.17, 15) is 4.79 Å². The summed E-state index contributed by atoms with van der Waals surface area (Å²) in [5, 5.41) is 9.91. The highest BCUT2D eigenvalue weighted by Gasteiger charge is 2.13. The van der Waals surface area contributed by atoms with E-state index in [1.807, 2.05) is 0 Å². The van der Waals surface area contributed by atoms with E-state index in [1.165, 1.54) is 7.11 Å². The number of aromatic carboxylic acids is 1. The molecule has 0 aliphatic carbocycles. The average molecular weight is 239 g/mol. The largest absolute Gasteiger partial charge is 0.480 e. The quantitative estimate of drug-likeness (QED) is 0.866. The molecule has 2 rings (SSSR count). The van der Waals surface area contributed by atoms with Crippen LogP contribution in [0.5, 0.6) is 5.88 Å². The number of benzene rings is 1. The number of carboxylic acids is 1. The Labute approximate surface area is 95.7 Å². The topological polar surface area (TPSA) is 72.3 Å². The molecule has 2 aromatic rings. The van der Waals surface area contributed by atoms with Crippen molar-refractivity contribution >= 4 is 28.5 Å². The molecule has 0 saturated carbocycles. The molecule has 0 aliphatic rings. The second-order valence-corrected chi connectivity index (χ2v) is 3.46. The highest BCUT2D eigenvalue weighted by atomic mass is 35.5. The number of methoxy groups -OCH3 is 1. The van der Waals surface area contributed by atoms with Gasteiger partial charge in [0.25, 0.3) is 0 Å². The van der Waals surface area contributed by atoms with Crippen LogP contribution in [0.3, 0.4) is 0 Å². The zero-order valence-corrected chi connectivity index (χ0v) is 9.02. The third-order valence-electron chi connectivity index (χ3n) is 2.01. The van der Waals surface area contributed by atoms with E-state index in [2.05, 4.69) is 9.97 Å². The number of carbonyl (C=O) groups is 1. The number of aromatic nitrogens is 2. The number of rotatable bonds is 2. The first-order chi connectivity index (χ1) is 7.61. The van der Waals surface area contributed by atoms with E-state index in [0.717, 1.165) is 0 Å². The molecule has 0 amide bonds. The Morgan fingerprint density at radius 3 is 2.81 bits per heavy atom. The summed E-state index contributed by atoms with van der Waals surface area (Å²) in [7, 11) is 1.41. The van der Waals surface area contributed by atoms with Gasteiger partial charge in [-0.3, -0.25) is 0 Å². The van der Waals surface area contributed by atoms with Crippen molar-refractivity contribution in [2.45, 2.75) is 0 Å². The molecule has 1 aromatic heterocycles. The molecule has 1 heterocycles. The molecular formula is C10H7ClN2O3. The first kappa shape index (κ1) is 10.6. The maximum atomic E-state index is 10.8. The summed E-state index contributed by atoms with van der Waals surface area (Å²) >= 11 is 5.82. The number of hydrogen-bond donors (Lipinski definition) is 1. The molecule has 0 bridgehead atoms. The third-order valence-corrected chi connectivity index (χ3v) is 2.24. The van der Waals surface area contributed by atoms with E-state index in [-0.39, 0.29) is 11.7 Å². The van der Waals surface area contributed by atoms with Gasteiger partial charge in [-0.25, -0.2) is 9.78 Å². The number of nitrogens with zero attached hydrogens (tertiary/aromatic N) is 2.